The number of aliphatic hydroxyl groups excluding tert-OH is 1. The first-order chi connectivity index (χ1) is 24.5. The minimum Gasteiger partial charge on any atom is -0.496 e. The maximum atomic E-state index is 14.7. The van der Waals surface area contributed by atoms with Gasteiger partial charge in [-0.25, -0.2) is 10.4 Å². The normalized spacial score (nSPS) is 16.3. The van der Waals surface area contributed by atoms with Crippen LogP contribution in [0.25, 0.3) is 20.9 Å². The molecule has 2 atom stereocenters. The summed E-state index contributed by atoms with van der Waals surface area (Å²) >= 11 is 0. The van der Waals surface area contributed by atoms with Crippen LogP contribution in [0, 0.1) is 0 Å². The van der Waals surface area contributed by atoms with Crippen molar-refractivity contribution in [1.82, 2.24) is 10.9 Å². The van der Waals surface area contributed by atoms with E-state index in [1.54, 1.807) is 55.6 Å². The average molecular weight is 676 g/mol. The van der Waals surface area contributed by atoms with E-state index in [0.717, 1.165) is 11.3 Å². The standard InChI is InChI=1S/C36H37N9O5/c1-48-32-14-7-4-9-25(32)19-20-39-43-35(47)36(23-27-10-3-6-13-31(27)42-45-38)33(30-12-5-2-11-28(30)24-40-44-37)50-34(41-36)26-15-17-29(18-16-26)49-22-8-21-46/h2-7,9-18,33,39,46H,8,19-24H2,1H3,(H,43,47)/t33-,36-/m0/s1. The maximum Gasteiger partial charge on any atom is 0.266 e. The molecule has 1 aliphatic heterocycles. The molecule has 0 unspecified atom stereocenters. The molecule has 1 aliphatic rings. The largest absolute Gasteiger partial charge is 0.496 e. The molecular weight excluding hydrogens is 638 g/mol. The first-order valence-electron chi connectivity index (χ1n) is 16.0. The van der Waals surface area contributed by atoms with Crippen molar-refractivity contribution in [2.24, 2.45) is 15.2 Å². The van der Waals surface area contributed by atoms with Crippen LogP contribution < -0.4 is 20.3 Å². The zero-order valence-electron chi connectivity index (χ0n) is 27.5. The van der Waals surface area contributed by atoms with Crippen LogP contribution in [0.4, 0.5) is 5.69 Å². The molecule has 0 saturated heterocycles. The second-order valence-corrected chi connectivity index (χ2v) is 11.3. The van der Waals surface area contributed by atoms with Gasteiger partial charge in [0.2, 0.25) is 5.90 Å². The average Bonchev–Trinajstić information content (AvgIpc) is 3.54. The van der Waals surface area contributed by atoms with Gasteiger partial charge in [-0.2, -0.15) is 0 Å². The van der Waals surface area contributed by atoms with Gasteiger partial charge in [-0.3, -0.25) is 10.2 Å². The number of carbonyl (C=O) groups excluding carboxylic acids is 1. The Kier molecular flexibility index (Phi) is 12.3. The number of hydrogen-bond donors (Lipinski definition) is 3. The van der Waals surface area contributed by atoms with Crippen molar-refractivity contribution in [1.29, 1.82) is 0 Å². The molecule has 0 saturated carbocycles. The quantitative estimate of drug-likeness (QED) is 0.0371. The lowest BCUT2D eigenvalue weighted by molar-refractivity contribution is -0.130. The highest BCUT2D eigenvalue weighted by molar-refractivity contribution is 6.01. The van der Waals surface area contributed by atoms with Crippen LogP contribution >= 0.6 is 0 Å². The van der Waals surface area contributed by atoms with E-state index in [1.165, 1.54) is 0 Å². The SMILES string of the molecule is COc1ccccc1CCNNC(=O)[C@@]1(Cc2ccccc2N=[N+]=[N-])N=C(c2ccc(OCCCO)cc2)O[C@H]1c1ccccc1CN=[N+]=[N-]. The smallest absolute Gasteiger partial charge is 0.266 e. The highest BCUT2D eigenvalue weighted by Crippen LogP contribution is 2.44. The Morgan fingerprint density at radius 3 is 2.42 bits per heavy atom. The Morgan fingerprint density at radius 2 is 1.68 bits per heavy atom. The number of nitrogens with one attached hydrogen (secondary N) is 2. The molecule has 3 N–H and O–H groups in total. The van der Waals surface area contributed by atoms with Gasteiger partial charge < -0.3 is 19.3 Å². The third kappa shape index (κ3) is 8.32. The molecule has 4 aromatic carbocycles. The number of carbonyl (C=O) groups is 1. The van der Waals surface area contributed by atoms with E-state index in [-0.39, 0.29) is 25.5 Å². The minimum atomic E-state index is -1.63. The molecule has 0 fully saturated rings. The van der Waals surface area contributed by atoms with Crippen molar-refractivity contribution in [2.45, 2.75) is 37.5 Å². The number of aliphatic imine (C=N–C) groups is 1. The predicted molar refractivity (Wildman–Crippen MR) is 188 cm³/mol. The van der Waals surface area contributed by atoms with Gasteiger partial charge in [-0.15, -0.1) is 0 Å². The summed E-state index contributed by atoms with van der Waals surface area (Å²) in [6.07, 6.45) is 0.0660. The van der Waals surface area contributed by atoms with Crippen molar-refractivity contribution in [2.75, 3.05) is 26.9 Å². The van der Waals surface area contributed by atoms with Crippen LogP contribution in [0.3, 0.4) is 0 Å². The molecule has 14 heteroatoms. The molecule has 14 nitrogen and oxygen atoms in total. The number of rotatable bonds is 17. The number of methoxy groups -OCH3 is 1. The lowest BCUT2D eigenvalue weighted by Crippen LogP contribution is -2.54. The fourth-order valence-corrected chi connectivity index (χ4v) is 5.76. The van der Waals surface area contributed by atoms with E-state index in [4.69, 9.17) is 29.8 Å². The summed E-state index contributed by atoms with van der Waals surface area (Å²) in [5, 5.41) is 16.8. The minimum absolute atomic E-state index is 0.00537. The highest BCUT2D eigenvalue weighted by Gasteiger charge is 2.54. The van der Waals surface area contributed by atoms with Gasteiger partial charge in [0.1, 0.15) is 11.5 Å². The van der Waals surface area contributed by atoms with E-state index < -0.39 is 17.6 Å². The van der Waals surface area contributed by atoms with E-state index >= 15 is 0 Å². The first-order valence-corrected chi connectivity index (χ1v) is 16.0. The van der Waals surface area contributed by atoms with Crippen LogP contribution in [0.1, 0.15) is 40.3 Å². The third-order valence-electron chi connectivity index (χ3n) is 8.19. The Labute approximate surface area is 289 Å². The third-order valence-corrected chi connectivity index (χ3v) is 8.19. The van der Waals surface area contributed by atoms with Crippen LogP contribution in [0.2, 0.25) is 0 Å². The van der Waals surface area contributed by atoms with Crippen LogP contribution in [-0.2, 0) is 28.9 Å². The zero-order valence-corrected chi connectivity index (χ0v) is 27.5. The predicted octanol–water partition coefficient (Wildman–Crippen LogP) is 6.57. The van der Waals surface area contributed by atoms with Crippen LogP contribution in [0.5, 0.6) is 11.5 Å². The fourth-order valence-electron chi connectivity index (χ4n) is 5.76. The summed E-state index contributed by atoms with van der Waals surface area (Å²) < 4.78 is 17.8. The van der Waals surface area contributed by atoms with Crippen molar-refractivity contribution < 1.29 is 24.1 Å². The molecule has 256 valence electrons. The number of hydrogen-bond acceptors (Lipinski definition) is 9. The molecule has 0 aliphatic carbocycles. The first kappa shape index (κ1) is 35.3. The van der Waals surface area contributed by atoms with E-state index in [9.17, 15) is 10.3 Å². The molecule has 0 radical (unpaired) electrons. The van der Waals surface area contributed by atoms with Gasteiger partial charge in [0.15, 0.2) is 11.6 Å². The summed E-state index contributed by atoms with van der Waals surface area (Å²) in [7, 11) is 1.61. The highest BCUT2D eigenvalue weighted by atomic mass is 16.5. The lowest BCUT2D eigenvalue weighted by Gasteiger charge is -2.32. The molecule has 1 heterocycles. The second-order valence-electron chi connectivity index (χ2n) is 11.3. The maximum absolute atomic E-state index is 14.7. The number of hydrazine groups is 1. The van der Waals surface area contributed by atoms with E-state index in [0.29, 0.717) is 59.7 Å². The summed E-state index contributed by atoms with van der Waals surface area (Å²) in [6, 6.07) is 29.0. The number of azide groups is 2. The van der Waals surface area contributed by atoms with Crippen LogP contribution in [-0.4, -0.2) is 49.3 Å². The topological polar surface area (TPSA) is 199 Å². The Balaban J connectivity index is 1.57. The van der Waals surface area contributed by atoms with Gasteiger partial charge >= 0.3 is 0 Å². The van der Waals surface area contributed by atoms with Gasteiger partial charge in [-0.05, 0) is 70.1 Å². The summed E-state index contributed by atoms with van der Waals surface area (Å²) in [4.78, 5) is 25.6. The molecule has 1 amide bonds. The number of para-hydroxylation sites is 1. The monoisotopic (exact) mass is 675 g/mol. The molecule has 5 rings (SSSR count). The second kappa shape index (κ2) is 17.4. The number of aliphatic hydroxyl groups is 1. The van der Waals surface area contributed by atoms with Crippen molar-refractivity contribution in [3.63, 3.8) is 0 Å². The van der Waals surface area contributed by atoms with Crippen molar-refractivity contribution in [3.05, 3.63) is 146 Å². The number of ether oxygens (including phenoxy) is 3. The van der Waals surface area contributed by atoms with Crippen molar-refractivity contribution in [3.8, 4) is 11.5 Å². The van der Waals surface area contributed by atoms with Crippen molar-refractivity contribution >= 4 is 17.5 Å². The molecular formula is C36H37N9O5. The Bertz CT molecular complexity index is 1910. The molecule has 4 aromatic rings. The number of benzene rings is 4. The zero-order chi connectivity index (χ0) is 35.2. The van der Waals surface area contributed by atoms with Gasteiger partial charge in [0.05, 0.1) is 20.3 Å². The van der Waals surface area contributed by atoms with Gasteiger partial charge in [0, 0.05) is 47.1 Å². The van der Waals surface area contributed by atoms with E-state index in [2.05, 4.69) is 30.9 Å². The molecule has 0 spiro atoms. The molecule has 0 aromatic heterocycles. The lowest BCUT2D eigenvalue weighted by atomic mass is 9.80. The van der Waals surface area contributed by atoms with Gasteiger partial charge in [0.25, 0.3) is 5.91 Å². The van der Waals surface area contributed by atoms with E-state index in [1.807, 2.05) is 48.5 Å². The molecule has 0 bridgehead atoms. The van der Waals surface area contributed by atoms with Crippen LogP contribution in [0.15, 0.2) is 112 Å². The number of nitrogens with zero attached hydrogens (tertiary/aromatic N) is 7. The summed E-state index contributed by atoms with van der Waals surface area (Å²) in [5.74, 6) is 1.06. The summed E-state index contributed by atoms with van der Waals surface area (Å²) in [5.41, 5.74) is 26.5. The summed E-state index contributed by atoms with van der Waals surface area (Å²) in [6.45, 7) is 0.777. The Morgan fingerprint density at radius 1 is 0.960 bits per heavy atom. The number of amides is 1. The Hall–Kier alpha value is -6.04. The molecule has 50 heavy (non-hydrogen) atoms. The van der Waals surface area contributed by atoms with Gasteiger partial charge in [-0.1, -0.05) is 77.0 Å². The fraction of sp³-hybridized carbons (Fsp3) is 0.278.